The van der Waals surface area contributed by atoms with Crippen molar-refractivity contribution < 1.29 is 13.6 Å². The highest BCUT2D eigenvalue weighted by molar-refractivity contribution is 9.10. The molecular formula is C12H13BrF2N2O. The monoisotopic (exact) mass is 318 g/mol. The summed E-state index contributed by atoms with van der Waals surface area (Å²) in [7, 11) is 0. The number of nitrogens with one attached hydrogen (secondary N) is 2. The van der Waals surface area contributed by atoms with Gasteiger partial charge in [0.1, 0.15) is 11.6 Å². The fourth-order valence-electron chi connectivity index (χ4n) is 1.97. The van der Waals surface area contributed by atoms with Crippen molar-refractivity contribution in [3.05, 3.63) is 28.2 Å². The van der Waals surface area contributed by atoms with Crippen molar-refractivity contribution in [3.8, 4) is 0 Å². The van der Waals surface area contributed by atoms with Crippen LogP contribution in [-0.4, -0.2) is 19.0 Å². The molecule has 18 heavy (non-hydrogen) atoms. The van der Waals surface area contributed by atoms with Gasteiger partial charge in [0.05, 0.1) is 10.2 Å². The predicted octanol–water partition coefficient (Wildman–Crippen LogP) is 2.67. The zero-order valence-corrected chi connectivity index (χ0v) is 11.2. The van der Waals surface area contributed by atoms with Gasteiger partial charge in [-0.15, -0.1) is 0 Å². The first kappa shape index (κ1) is 13.4. The van der Waals surface area contributed by atoms with Crippen LogP contribution >= 0.6 is 15.9 Å². The molecule has 1 amide bonds. The van der Waals surface area contributed by atoms with Crippen molar-refractivity contribution in [2.45, 2.75) is 12.8 Å². The lowest BCUT2D eigenvalue weighted by molar-refractivity contribution is -0.117. The van der Waals surface area contributed by atoms with E-state index in [0.29, 0.717) is 6.42 Å². The van der Waals surface area contributed by atoms with Crippen molar-refractivity contribution >= 4 is 27.5 Å². The van der Waals surface area contributed by atoms with E-state index in [0.717, 1.165) is 31.6 Å². The quantitative estimate of drug-likeness (QED) is 0.841. The second kappa shape index (κ2) is 5.75. The molecule has 0 bridgehead atoms. The minimum absolute atomic E-state index is 0.0398. The summed E-state index contributed by atoms with van der Waals surface area (Å²) in [4.78, 5) is 11.7. The van der Waals surface area contributed by atoms with Gasteiger partial charge in [0.2, 0.25) is 5.91 Å². The summed E-state index contributed by atoms with van der Waals surface area (Å²) < 4.78 is 26.8. The maximum absolute atomic E-state index is 13.5. The van der Waals surface area contributed by atoms with Crippen LogP contribution in [0.4, 0.5) is 14.5 Å². The molecule has 1 aliphatic heterocycles. The average Bonchev–Trinajstić information content (AvgIpc) is 2.78. The molecule has 6 heteroatoms. The van der Waals surface area contributed by atoms with Gasteiger partial charge in [-0.3, -0.25) is 4.79 Å². The third-order valence-corrected chi connectivity index (χ3v) is 3.53. The van der Waals surface area contributed by atoms with Crippen LogP contribution < -0.4 is 10.6 Å². The largest absolute Gasteiger partial charge is 0.324 e. The van der Waals surface area contributed by atoms with Gasteiger partial charge in [-0.2, -0.15) is 0 Å². The number of hydrogen-bond donors (Lipinski definition) is 2. The zero-order chi connectivity index (χ0) is 13.1. The average molecular weight is 319 g/mol. The van der Waals surface area contributed by atoms with Crippen LogP contribution in [0.5, 0.6) is 0 Å². The Morgan fingerprint density at radius 3 is 2.89 bits per heavy atom. The third kappa shape index (κ3) is 3.26. The van der Waals surface area contributed by atoms with Gasteiger partial charge in [0.15, 0.2) is 0 Å². The summed E-state index contributed by atoms with van der Waals surface area (Å²) in [5.74, 6) is -1.27. The van der Waals surface area contributed by atoms with E-state index in [-0.39, 0.29) is 22.0 Å². The van der Waals surface area contributed by atoms with Crippen LogP contribution in [-0.2, 0) is 4.79 Å². The summed E-state index contributed by atoms with van der Waals surface area (Å²) >= 11 is 2.88. The van der Waals surface area contributed by atoms with Crippen LogP contribution in [0.1, 0.15) is 12.8 Å². The molecule has 1 saturated heterocycles. The first-order valence-electron chi connectivity index (χ1n) is 5.71. The van der Waals surface area contributed by atoms with Crippen molar-refractivity contribution in [1.82, 2.24) is 5.32 Å². The Hall–Kier alpha value is -1.01. The molecule has 3 nitrogen and oxygen atoms in total. The number of rotatable bonds is 3. The minimum atomic E-state index is -0.652. The number of hydrogen-bond acceptors (Lipinski definition) is 2. The van der Waals surface area contributed by atoms with Gasteiger partial charge in [0, 0.05) is 12.5 Å². The Kier molecular flexibility index (Phi) is 4.29. The van der Waals surface area contributed by atoms with Gasteiger partial charge >= 0.3 is 0 Å². The first-order valence-corrected chi connectivity index (χ1v) is 6.50. The Morgan fingerprint density at radius 1 is 1.44 bits per heavy atom. The maximum Gasteiger partial charge on any atom is 0.224 e. The highest BCUT2D eigenvalue weighted by Gasteiger charge is 2.19. The molecule has 1 aromatic rings. The van der Waals surface area contributed by atoms with E-state index in [1.807, 2.05) is 0 Å². The molecule has 0 saturated carbocycles. The summed E-state index contributed by atoms with van der Waals surface area (Å²) in [6, 6.07) is 1.98. The SMILES string of the molecule is O=C(CC1CCNC1)Nc1cc(F)c(Br)cc1F. The van der Waals surface area contributed by atoms with Crippen LogP contribution in [0.25, 0.3) is 0 Å². The van der Waals surface area contributed by atoms with Crippen molar-refractivity contribution in [1.29, 1.82) is 0 Å². The van der Waals surface area contributed by atoms with E-state index >= 15 is 0 Å². The molecule has 1 aliphatic rings. The summed E-state index contributed by atoms with van der Waals surface area (Å²) in [6.07, 6.45) is 1.26. The number of carbonyl (C=O) groups excluding carboxylic acids is 1. The Labute approximate surface area is 112 Å². The lowest BCUT2D eigenvalue weighted by Gasteiger charge is -2.10. The molecule has 0 spiro atoms. The van der Waals surface area contributed by atoms with E-state index in [1.54, 1.807) is 0 Å². The molecule has 1 heterocycles. The van der Waals surface area contributed by atoms with Crippen LogP contribution in [0, 0.1) is 17.6 Å². The minimum Gasteiger partial charge on any atom is -0.324 e. The number of carbonyl (C=O) groups is 1. The molecule has 1 atom stereocenters. The van der Waals surface area contributed by atoms with Crippen molar-refractivity contribution in [2.24, 2.45) is 5.92 Å². The topological polar surface area (TPSA) is 41.1 Å². The van der Waals surface area contributed by atoms with E-state index in [4.69, 9.17) is 0 Å². The van der Waals surface area contributed by atoms with E-state index in [2.05, 4.69) is 26.6 Å². The Morgan fingerprint density at radius 2 is 2.22 bits per heavy atom. The van der Waals surface area contributed by atoms with Crippen molar-refractivity contribution in [2.75, 3.05) is 18.4 Å². The van der Waals surface area contributed by atoms with Crippen LogP contribution in [0.15, 0.2) is 16.6 Å². The van der Waals surface area contributed by atoms with E-state index < -0.39 is 11.6 Å². The highest BCUT2D eigenvalue weighted by atomic mass is 79.9. The van der Waals surface area contributed by atoms with Gasteiger partial charge in [-0.25, -0.2) is 8.78 Å². The molecular weight excluding hydrogens is 306 g/mol. The number of halogens is 3. The lowest BCUT2D eigenvalue weighted by Crippen LogP contribution is -2.19. The third-order valence-electron chi connectivity index (χ3n) is 2.92. The second-order valence-electron chi connectivity index (χ2n) is 4.36. The molecule has 0 aromatic heterocycles. The second-order valence-corrected chi connectivity index (χ2v) is 5.21. The van der Waals surface area contributed by atoms with Gasteiger partial charge in [-0.05, 0) is 47.4 Å². The molecule has 1 aromatic carbocycles. The number of amides is 1. The molecule has 0 aliphatic carbocycles. The molecule has 98 valence electrons. The fraction of sp³-hybridized carbons (Fsp3) is 0.417. The van der Waals surface area contributed by atoms with Crippen LogP contribution in [0.3, 0.4) is 0 Å². The Balaban J connectivity index is 2.00. The highest BCUT2D eigenvalue weighted by Crippen LogP contribution is 2.24. The fourth-order valence-corrected chi connectivity index (χ4v) is 2.29. The molecule has 1 unspecified atom stereocenters. The molecule has 2 N–H and O–H groups in total. The van der Waals surface area contributed by atoms with E-state index in [1.165, 1.54) is 0 Å². The normalized spacial score (nSPS) is 18.9. The zero-order valence-electron chi connectivity index (χ0n) is 9.60. The van der Waals surface area contributed by atoms with E-state index in [9.17, 15) is 13.6 Å². The number of anilines is 1. The number of benzene rings is 1. The summed E-state index contributed by atoms with van der Waals surface area (Å²) in [5, 5.41) is 5.55. The maximum atomic E-state index is 13.5. The molecule has 0 radical (unpaired) electrons. The van der Waals surface area contributed by atoms with Gasteiger partial charge in [0.25, 0.3) is 0 Å². The van der Waals surface area contributed by atoms with Gasteiger partial charge in [-0.1, -0.05) is 0 Å². The Bertz CT molecular complexity index is 462. The van der Waals surface area contributed by atoms with Crippen LogP contribution in [0.2, 0.25) is 0 Å². The summed E-state index contributed by atoms with van der Waals surface area (Å²) in [5.41, 5.74) is -0.119. The standard InChI is InChI=1S/C12H13BrF2N2O/c13-8-4-10(15)11(5-9(8)14)17-12(18)3-7-1-2-16-6-7/h4-5,7,16H,1-3,6H2,(H,17,18). The smallest absolute Gasteiger partial charge is 0.224 e. The summed E-state index contributed by atoms with van der Waals surface area (Å²) in [6.45, 7) is 1.70. The molecule has 2 rings (SSSR count). The molecule has 1 fully saturated rings. The van der Waals surface area contributed by atoms with Gasteiger partial charge < -0.3 is 10.6 Å². The lowest BCUT2D eigenvalue weighted by atomic mass is 10.0. The predicted molar refractivity (Wildman–Crippen MR) is 68.3 cm³/mol. The first-order chi connectivity index (χ1) is 8.56. The van der Waals surface area contributed by atoms with Crippen molar-refractivity contribution in [3.63, 3.8) is 0 Å².